The van der Waals surface area contributed by atoms with Crippen LogP contribution in [0, 0.1) is 5.92 Å². The van der Waals surface area contributed by atoms with Gasteiger partial charge in [-0.15, -0.1) is 0 Å². The van der Waals surface area contributed by atoms with Gasteiger partial charge in [0.05, 0.1) is 0 Å². The van der Waals surface area contributed by atoms with Gasteiger partial charge in [0.1, 0.15) is 0 Å². The zero-order valence-electron chi connectivity index (χ0n) is 8.71. The maximum Gasteiger partial charge on any atom is 0.0168 e. The van der Waals surface area contributed by atoms with Gasteiger partial charge >= 0.3 is 0 Å². The molecular weight excluding hydrogens is 160 g/mol. The highest BCUT2D eigenvalue weighted by Gasteiger charge is 2.31. The molecule has 2 heteroatoms. The molecule has 0 amide bonds. The van der Waals surface area contributed by atoms with Crippen LogP contribution in [-0.4, -0.2) is 30.6 Å². The van der Waals surface area contributed by atoms with Crippen LogP contribution >= 0.6 is 0 Å². The highest BCUT2D eigenvalue weighted by atomic mass is 15.2. The molecule has 0 aromatic rings. The van der Waals surface area contributed by atoms with Crippen molar-refractivity contribution < 1.29 is 0 Å². The van der Waals surface area contributed by atoms with Crippen molar-refractivity contribution in [2.45, 2.75) is 50.6 Å². The zero-order valence-corrected chi connectivity index (χ0v) is 8.71. The number of nitrogens with zero attached hydrogens (tertiary/aromatic N) is 1. The van der Waals surface area contributed by atoms with Crippen molar-refractivity contribution >= 4 is 0 Å². The Balaban J connectivity index is 1.91. The van der Waals surface area contributed by atoms with Crippen LogP contribution in [0.1, 0.15) is 38.5 Å². The van der Waals surface area contributed by atoms with Crippen LogP contribution in [0.2, 0.25) is 0 Å². The highest BCUT2D eigenvalue weighted by Crippen LogP contribution is 2.33. The standard InChI is InChI=1S/C11H22N2/c1-13-8-10(12)6-7-11(13)9-4-2-3-5-9/h9-11H,2-8,12H2,1H3. The maximum atomic E-state index is 5.94. The Labute approximate surface area is 81.5 Å². The van der Waals surface area contributed by atoms with Crippen molar-refractivity contribution in [1.29, 1.82) is 0 Å². The number of nitrogens with two attached hydrogens (primary N) is 1. The van der Waals surface area contributed by atoms with Crippen LogP contribution in [0.3, 0.4) is 0 Å². The van der Waals surface area contributed by atoms with Crippen molar-refractivity contribution in [2.24, 2.45) is 11.7 Å². The molecule has 1 saturated carbocycles. The molecule has 76 valence electrons. The predicted octanol–water partition coefficient (Wildman–Crippen LogP) is 1.60. The molecule has 2 rings (SSSR count). The van der Waals surface area contributed by atoms with E-state index in [2.05, 4.69) is 11.9 Å². The molecule has 13 heavy (non-hydrogen) atoms. The van der Waals surface area contributed by atoms with Gasteiger partial charge in [-0.2, -0.15) is 0 Å². The largest absolute Gasteiger partial charge is 0.327 e. The molecule has 1 saturated heterocycles. The Morgan fingerprint density at radius 3 is 2.38 bits per heavy atom. The van der Waals surface area contributed by atoms with Crippen LogP contribution < -0.4 is 5.73 Å². The molecule has 0 radical (unpaired) electrons. The molecule has 1 aliphatic heterocycles. The highest BCUT2D eigenvalue weighted by molar-refractivity contribution is 4.87. The lowest BCUT2D eigenvalue weighted by molar-refractivity contribution is 0.118. The summed E-state index contributed by atoms with van der Waals surface area (Å²) in [5.41, 5.74) is 5.94. The normalized spacial score (nSPS) is 38.3. The van der Waals surface area contributed by atoms with Gasteiger partial charge in [0.2, 0.25) is 0 Å². The molecule has 2 fully saturated rings. The van der Waals surface area contributed by atoms with Gasteiger partial charge in [-0.05, 0) is 38.6 Å². The Hall–Kier alpha value is -0.0800. The topological polar surface area (TPSA) is 29.3 Å². The van der Waals surface area contributed by atoms with E-state index in [9.17, 15) is 0 Å². The van der Waals surface area contributed by atoms with Gasteiger partial charge in [0.15, 0.2) is 0 Å². The van der Waals surface area contributed by atoms with Crippen molar-refractivity contribution in [3.05, 3.63) is 0 Å². The molecule has 1 heterocycles. The summed E-state index contributed by atoms with van der Waals surface area (Å²) in [6, 6.07) is 1.28. The maximum absolute atomic E-state index is 5.94. The summed E-state index contributed by atoms with van der Waals surface area (Å²) < 4.78 is 0. The minimum absolute atomic E-state index is 0.433. The third-order valence-corrected chi connectivity index (χ3v) is 3.87. The van der Waals surface area contributed by atoms with E-state index in [1.54, 1.807) is 0 Å². The molecule has 1 aliphatic carbocycles. The minimum atomic E-state index is 0.433. The third kappa shape index (κ3) is 2.05. The fraction of sp³-hybridized carbons (Fsp3) is 1.00. The van der Waals surface area contributed by atoms with Crippen LogP contribution in [0.15, 0.2) is 0 Å². The molecule has 2 unspecified atom stereocenters. The average Bonchev–Trinajstić information content (AvgIpc) is 2.56. The smallest absolute Gasteiger partial charge is 0.0168 e. The Bertz CT molecular complexity index is 163. The number of likely N-dealkylation sites (tertiary alicyclic amines) is 1. The Morgan fingerprint density at radius 2 is 1.77 bits per heavy atom. The SMILES string of the molecule is CN1CC(N)CCC1C1CCCC1. The summed E-state index contributed by atoms with van der Waals surface area (Å²) in [4.78, 5) is 2.50. The van der Waals surface area contributed by atoms with Crippen molar-refractivity contribution in [1.82, 2.24) is 4.90 Å². The summed E-state index contributed by atoms with van der Waals surface area (Å²) in [7, 11) is 2.25. The number of piperidine rings is 1. The first-order valence-corrected chi connectivity index (χ1v) is 5.73. The van der Waals surface area contributed by atoms with E-state index in [1.807, 2.05) is 0 Å². The van der Waals surface area contributed by atoms with E-state index >= 15 is 0 Å². The summed E-state index contributed by atoms with van der Waals surface area (Å²) in [5, 5.41) is 0. The first kappa shape index (κ1) is 9.47. The van der Waals surface area contributed by atoms with Gasteiger partial charge in [-0.1, -0.05) is 12.8 Å². The molecule has 2 nitrogen and oxygen atoms in total. The van der Waals surface area contributed by atoms with Crippen molar-refractivity contribution in [2.75, 3.05) is 13.6 Å². The third-order valence-electron chi connectivity index (χ3n) is 3.87. The van der Waals surface area contributed by atoms with Gasteiger partial charge in [0.25, 0.3) is 0 Å². The minimum Gasteiger partial charge on any atom is -0.327 e. The fourth-order valence-corrected chi connectivity index (χ4v) is 3.14. The number of likely N-dealkylation sites (N-methyl/N-ethyl adjacent to an activating group) is 1. The number of rotatable bonds is 1. The second kappa shape index (κ2) is 3.97. The molecule has 2 aliphatic rings. The van der Waals surface area contributed by atoms with Crippen molar-refractivity contribution in [3.63, 3.8) is 0 Å². The molecule has 0 aromatic carbocycles. The number of hydrogen-bond acceptors (Lipinski definition) is 2. The van der Waals surface area contributed by atoms with Crippen LogP contribution in [0.25, 0.3) is 0 Å². The second-order valence-electron chi connectivity index (χ2n) is 4.89. The summed E-state index contributed by atoms with van der Waals surface area (Å²) in [5.74, 6) is 0.984. The predicted molar refractivity (Wildman–Crippen MR) is 55.6 cm³/mol. The summed E-state index contributed by atoms with van der Waals surface area (Å²) in [6.45, 7) is 1.11. The van der Waals surface area contributed by atoms with Gasteiger partial charge in [-0.25, -0.2) is 0 Å². The zero-order chi connectivity index (χ0) is 9.26. The lowest BCUT2D eigenvalue weighted by Gasteiger charge is -2.39. The first-order chi connectivity index (χ1) is 6.27. The molecule has 2 N–H and O–H groups in total. The van der Waals surface area contributed by atoms with E-state index in [4.69, 9.17) is 5.73 Å². The average molecular weight is 182 g/mol. The Kier molecular flexibility index (Phi) is 2.89. The molecular formula is C11H22N2. The first-order valence-electron chi connectivity index (χ1n) is 5.73. The van der Waals surface area contributed by atoms with Crippen LogP contribution in [-0.2, 0) is 0 Å². The fourth-order valence-electron chi connectivity index (χ4n) is 3.14. The van der Waals surface area contributed by atoms with Gasteiger partial charge < -0.3 is 10.6 Å². The van der Waals surface area contributed by atoms with Gasteiger partial charge in [0, 0.05) is 18.6 Å². The van der Waals surface area contributed by atoms with Crippen molar-refractivity contribution in [3.8, 4) is 0 Å². The lowest BCUT2D eigenvalue weighted by atomic mass is 9.88. The molecule has 0 bridgehead atoms. The van der Waals surface area contributed by atoms with E-state index in [1.165, 1.54) is 38.5 Å². The number of hydrogen-bond donors (Lipinski definition) is 1. The quantitative estimate of drug-likeness (QED) is 0.667. The van der Waals surface area contributed by atoms with Gasteiger partial charge in [-0.3, -0.25) is 0 Å². The molecule has 2 atom stereocenters. The summed E-state index contributed by atoms with van der Waals surface area (Å²) in [6.07, 6.45) is 8.42. The van der Waals surface area contributed by atoms with E-state index < -0.39 is 0 Å². The van der Waals surface area contributed by atoms with Crippen LogP contribution in [0.5, 0.6) is 0 Å². The van der Waals surface area contributed by atoms with E-state index in [0.29, 0.717) is 6.04 Å². The lowest BCUT2D eigenvalue weighted by Crippen LogP contribution is -2.49. The van der Waals surface area contributed by atoms with Crippen LogP contribution in [0.4, 0.5) is 0 Å². The molecule has 0 aromatic heterocycles. The van der Waals surface area contributed by atoms with E-state index in [-0.39, 0.29) is 0 Å². The Morgan fingerprint density at radius 1 is 1.08 bits per heavy atom. The van der Waals surface area contributed by atoms with E-state index in [0.717, 1.165) is 18.5 Å². The summed E-state index contributed by atoms with van der Waals surface area (Å²) >= 11 is 0. The monoisotopic (exact) mass is 182 g/mol. The second-order valence-corrected chi connectivity index (χ2v) is 4.89. The molecule has 0 spiro atoms.